The molecule has 0 aliphatic carbocycles. The Morgan fingerprint density at radius 2 is 1.50 bits per heavy atom. The van der Waals surface area contributed by atoms with Gasteiger partial charge in [-0.2, -0.15) is 0 Å². The van der Waals surface area contributed by atoms with Crippen molar-refractivity contribution >= 4 is 12.1 Å². The van der Waals surface area contributed by atoms with Gasteiger partial charge < -0.3 is 20.0 Å². The zero-order valence-electron chi connectivity index (χ0n) is 17.4. The van der Waals surface area contributed by atoms with E-state index < -0.39 is 0 Å². The molecule has 0 spiro atoms. The molecule has 158 valence electrons. The summed E-state index contributed by atoms with van der Waals surface area (Å²) < 4.78 is 0. The molecule has 2 heterocycles. The standard InChI is InChI=1S/C24H30N4O2/c29-23(25-14-11-20-7-3-1-4-8-20)26-15-12-22(13-16-26)28-18-17-27(24(28)30)19-21-9-5-2-6-10-21/h1-10,22H,11-19H2,(H,25,29). The number of rotatable bonds is 6. The Labute approximate surface area is 178 Å². The highest BCUT2D eigenvalue weighted by atomic mass is 16.2. The molecule has 2 aliphatic heterocycles. The molecule has 2 aromatic rings. The van der Waals surface area contributed by atoms with E-state index in [2.05, 4.69) is 29.6 Å². The average molecular weight is 407 g/mol. The highest BCUT2D eigenvalue weighted by molar-refractivity contribution is 5.77. The van der Waals surface area contributed by atoms with E-state index >= 15 is 0 Å². The summed E-state index contributed by atoms with van der Waals surface area (Å²) in [4.78, 5) is 31.1. The molecule has 2 aromatic carbocycles. The van der Waals surface area contributed by atoms with Crippen LogP contribution in [0.2, 0.25) is 0 Å². The zero-order chi connectivity index (χ0) is 20.8. The smallest absolute Gasteiger partial charge is 0.320 e. The third-order valence-corrected chi connectivity index (χ3v) is 6.07. The van der Waals surface area contributed by atoms with E-state index in [1.54, 1.807) is 0 Å². The SMILES string of the molecule is O=C(NCCc1ccccc1)N1CCC(N2CCN(Cc3ccccc3)C2=O)CC1. The largest absolute Gasteiger partial charge is 0.338 e. The highest BCUT2D eigenvalue weighted by Crippen LogP contribution is 2.22. The lowest BCUT2D eigenvalue weighted by Crippen LogP contribution is -2.50. The number of carbonyl (C=O) groups excluding carboxylic acids is 2. The molecule has 0 radical (unpaired) electrons. The minimum absolute atomic E-state index is 0.00262. The van der Waals surface area contributed by atoms with Crippen molar-refractivity contribution in [2.45, 2.75) is 31.8 Å². The third kappa shape index (κ3) is 4.93. The van der Waals surface area contributed by atoms with Crippen LogP contribution in [0.15, 0.2) is 60.7 Å². The van der Waals surface area contributed by atoms with Gasteiger partial charge >= 0.3 is 12.1 Å². The molecule has 0 aromatic heterocycles. The molecule has 1 N–H and O–H groups in total. The molecule has 4 rings (SSSR count). The van der Waals surface area contributed by atoms with Gasteiger partial charge in [-0.05, 0) is 30.4 Å². The molecule has 6 nitrogen and oxygen atoms in total. The fourth-order valence-corrected chi connectivity index (χ4v) is 4.34. The van der Waals surface area contributed by atoms with Crippen molar-refractivity contribution in [1.29, 1.82) is 0 Å². The second kappa shape index (κ2) is 9.65. The van der Waals surface area contributed by atoms with Gasteiger partial charge in [-0.1, -0.05) is 60.7 Å². The van der Waals surface area contributed by atoms with Crippen molar-refractivity contribution < 1.29 is 9.59 Å². The third-order valence-electron chi connectivity index (χ3n) is 6.07. The normalized spacial score (nSPS) is 17.5. The molecule has 0 saturated carbocycles. The van der Waals surface area contributed by atoms with Crippen molar-refractivity contribution in [3.63, 3.8) is 0 Å². The monoisotopic (exact) mass is 406 g/mol. The summed E-state index contributed by atoms with van der Waals surface area (Å²) in [5.74, 6) is 0. The molecule has 2 aliphatic rings. The Morgan fingerprint density at radius 3 is 2.17 bits per heavy atom. The van der Waals surface area contributed by atoms with Crippen LogP contribution in [0.3, 0.4) is 0 Å². The minimum Gasteiger partial charge on any atom is -0.338 e. The van der Waals surface area contributed by atoms with Crippen LogP contribution in [-0.4, -0.2) is 65.5 Å². The van der Waals surface area contributed by atoms with Crippen LogP contribution >= 0.6 is 0 Å². The number of urea groups is 2. The van der Waals surface area contributed by atoms with Crippen molar-refractivity contribution in [2.75, 3.05) is 32.7 Å². The first-order valence-corrected chi connectivity index (χ1v) is 10.9. The van der Waals surface area contributed by atoms with Crippen LogP contribution in [0, 0.1) is 0 Å². The second-order valence-corrected chi connectivity index (χ2v) is 8.07. The number of amides is 4. The maximum Gasteiger partial charge on any atom is 0.320 e. The number of hydrogen-bond acceptors (Lipinski definition) is 2. The topological polar surface area (TPSA) is 55.9 Å². The first-order chi connectivity index (χ1) is 14.7. The van der Waals surface area contributed by atoms with Gasteiger partial charge in [-0.15, -0.1) is 0 Å². The first kappa shape index (κ1) is 20.3. The number of nitrogens with one attached hydrogen (secondary N) is 1. The molecular weight excluding hydrogens is 376 g/mol. The molecule has 0 unspecified atom stereocenters. The van der Waals surface area contributed by atoms with Crippen LogP contribution in [-0.2, 0) is 13.0 Å². The van der Waals surface area contributed by atoms with Gasteiger partial charge in [0, 0.05) is 45.3 Å². The van der Waals surface area contributed by atoms with Crippen molar-refractivity contribution in [1.82, 2.24) is 20.0 Å². The van der Waals surface area contributed by atoms with Gasteiger partial charge in [0.15, 0.2) is 0 Å². The number of carbonyl (C=O) groups is 2. The lowest BCUT2D eigenvalue weighted by atomic mass is 10.0. The predicted octanol–water partition coefficient (Wildman–Crippen LogP) is 3.34. The summed E-state index contributed by atoms with van der Waals surface area (Å²) in [6.07, 6.45) is 2.52. The Bertz CT molecular complexity index is 835. The fraction of sp³-hybridized carbons (Fsp3) is 0.417. The van der Waals surface area contributed by atoms with Gasteiger partial charge in [-0.3, -0.25) is 0 Å². The van der Waals surface area contributed by atoms with Crippen LogP contribution in [0.1, 0.15) is 24.0 Å². The number of nitrogens with zero attached hydrogens (tertiary/aromatic N) is 3. The average Bonchev–Trinajstić information content (AvgIpc) is 3.15. The summed E-state index contributed by atoms with van der Waals surface area (Å²) in [7, 11) is 0. The van der Waals surface area contributed by atoms with E-state index in [1.165, 1.54) is 5.56 Å². The number of piperidine rings is 1. The Kier molecular flexibility index (Phi) is 6.52. The Morgan fingerprint density at radius 1 is 0.867 bits per heavy atom. The van der Waals surface area contributed by atoms with Crippen molar-refractivity contribution in [2.24, 2.45) is 0 Å². The molecule has 6 heteroatoms. The molecule has 2 saturated heterocycles. The van der Waals surface area contributed by atoms with E-state index in [9.17, 15) is 9.59 Å². The van der Waals surface area contributed by atoms with Gasteiger partial charge in [0.2, 0.25) is 0 Å². The summed E-state index contributed by atoms with van der Waals surface area (Å²) in [6, 6.07) is 20.7. The summed E-state index contributed by atoms with van der Waals surface area (Å²) in [5, 5.41) is 3.03. The highest BCUT2D eigenvalue weighted by Gasteiger charge is 2.35. The van der Waals surface area contributed by atoms with E-state index in [0.717, 1.165) is 37.9 Å². The van der Waals surface area contributed by atoms with E-state index in [1.807, 2.05) is 51.1 Å². The predicted molar refractivity (Wildman–Crippen MR) is 117 cm³/mol. The van der Waals surface area contributed by atoms with Crippen molar-refractivity contribution in [3.8, 4) is 0 Å². The van der Waals surface area contributed by atoms with E-state index in [-0.39, 0.29) is 18.1 Å². The van der Waals surface area contributed by atoms with Crippen LogP contribution in [0.5, 0.6) is 0 Å². The number of benzene rings is 2. The van der Waals surface area contributed by atoms with Crippen LogP contribution in [0.4, 0.5) is 9.59 Å². The van der Waals surface area contributed by atoms with Gasteiger partial charge in [0.05, 0.1) is 0 Å². The zero-order valence-corrected chi connectivity index (χ0v) is 17.4. The maximum atomic E-state index is 12.9. The fourth-order valence-electron chi connectivity index (χ4n) is 4.34. The summed E-state index contributed by atoms with van der Waals surface area (Å²) in [5.41, 5.74) is 2.39. The number of likely N-dealkylation sites (tertiary alicyclic amines) is 1. The Balaban J connectivity index is 1.20. The second-order valence-electron chi connectivity index (χ2n) is 8.07. The van der Waals surface area contributed by atoms with E-state index in [0.29, 0.717) is 26.2 Å². The summed E-state index contributed by atoms with van der Waals surface area (Å²) >= 11 is 0. The molecule has 4 amide bonds. The molecule has 0 bridgehead atoms. The lowest BCUT2D eigenvalue weighted by molar-refractivity contribution is 0.135. The number of hydrogen-bond donors (Lipinski definition) is 1. The Hall–Kier alpha value is -3.02. The van der Waals surface area contributed by atoms with Gasteiger partial charge in [0.1, 0.15) is 0 Å². The molecule has 30 heavy (non-hydrogen) atoms. The van der Waals surface area contributed by atoms with E-state index in [4.69, 9.17) is 0 Å². The molecule has 2 fully saturated rings. The minimum atomic E-state index is 0.00262. The van der Waals surface area contributed by atoms with Crippen LogP contribution in [0.25, 0.3) is 0 Å². The molecular formula is C24H30N4O2. The lowest BCUT2D eigenvalue weighted by Gasteiger charge is -2.36. The van der Waals surface area contributed by atoms with Crippen molar-refractivity contribution in [3.05, 3.63) is 71.8 Å². The first-order valence-electron chi connectivity index (χ1n) is 10.9. The van der Waals surface area contributed by atoms with Crippen LogP contribution < -0.4 is 5.32 Å². The van der Waals surface area contributed by atoms with Gasteiger partial charge in [-0.25, -0.2) is 9.59 Å². The maximum absolute atomic E-state index is 12.9. The molecule has 0 atom stereocenters. The quantitative estimate of drug-likeness (QED) is 0.800. The van der Waals surface area contributed by atoms with Gasteiger partial charge in [0.25, 0.3) is 0 Å². The summed E-state index contributed by atoms with van der Waals surface area (Å²) in [6.45, 7) is 4.25.